The molecule has 14 heavy (non-hydrogen) atoms. The smallest absolute Gasteiger partial charge is 0.328 e. The summed E-state index contributed by atoms with van der Waals surface area (Å²) in [5.41, 5.74) is 0. The van der Waals surface area contributed by atoms with Crippen LogP contribution in [0.3, 0.4) is 0 Å². The summed E-state index contributed by atoms with van der Waals surface area (Å²) in [6.07, 6.45) is 0. The Kier molecular flexibility index (Phi) is 6.08. The van der Waals surface area contributed by atoms with Crippen molar-refractivity contribution in [1.82, 2.24) is 0 Å². The van der Waals surface area contributed by atoms with Crippen LogP contribution in [0.5, 0.6) is 0 Å². The SMILES string of the molecule is O=P(O)(O)c1ccccc1.OP(O)O. The van der Waals surface area contributed by atoms with Gasteiger partial charge in [0.05, 0.1) is 5.30 Å². The summed E-state index contributed by atoms with van der Waals surface area (Å²) in [6.45, 7) is 0. The van der Waals surface area contributed by atoms with E-state index in [1.165, 1.54) is 12.1 Å². The van der Waals surface area contributed by atoms with Crippen LogP contribution < -0.4 is 5.30 Å². The minimum atomic E-state index is -4.02. The highest BCUT2D eigenvalue weighted by molar-refractivity contribution is 7.60. The molecule has 1 aromatic rings. The van der Waals surface area contributed by atoms with Crippen LogP contribution in [0.1, 0.15) is 0 Å². The van der Waals surface area contributed by atoms with E-state index in [1.807, 2.05) is 0 Å². The quantitative estimate of drug-likeness (QED) is 0.429. The van der Waals surface area contributed by atoms with Crippen LogP contribution in [0.25, 0.3) is 0 Å². The highest BCUT2D eigenvalue weighted by Crippen LogP contribution is 2.32. The van der Waals surface area contributed by atoms with Gasteiger partial charge in [-0.1, -0.05) is 18.2 Å². The maximum absolute atomic E-state index is 10.5. The van der Waals surface area contributed by atoms with Crippen LogP contribution in [0.4, 0.5) is 0 Å². The molecule has 0 spiro atoms. The van der Waals surface area contributed by atoms with E-state index in [0.29, 0.717) is 0 Å². The van der Waals surface area contributed by atoms with Gasteiger partial charge in [0.1, 0.15) is 0 Å². The summed E-state index contributed by atoms with van der Waals surface area (Å²) in [4.78, 5) is 38.9. The third-order valence-electron chi connectivity index (χ3n) is 1.09. The molecule has 5 N–H and O–H groups in total. The maximum atomic E-state index is 10.5. The van der Waals surface area contributed by atoms with Crippen LogP contribution >= 0.6 is 16.2 Å². The molecule has 0 saturated carbocycles. The Bertz CT molecular complexity index is 292. The zero-order chi connectivity index (χ0) is 11.2. The molecule has 0 heterocycles. The largest absolute Gasteiger partial charge is 0.356 e. The summed E-state index contributed by atoms with van der Waals surface area (Å²) < 4.78 is 10.5. The Morgan fingerprint density at radius 1 is 1.00 bits per heavy atom. The van der Waals surface area contributed by atoms with Crippen molar-refractivity contribution in [2.75, 3.05) is 0 Å². The Morgan fingerprint density at radius 3 is 1.57 bits per heavy atom. The lowest BCUT2D eigenvalue weighted by Crippen LogP contribution is -2.01. The van der Waals surface area contributed by atoms with Crippen LogP contribution in [0.2, 0.25) is 0 Å². The zero-order valence-electron chi connectivity index (χ0n) is 6.93. The Morgan fingerprint density at radius 2 is 1.36 bits per heavy atom. The molecular formula is C6H10O6P2. The van der Waals surface area contributed by atoms with Crippen molar-refractivity contribution in [3.05, 3.63) is 30.3 Å². The van der Waals surface area contributed by atoms with Gasteiger partial charge in [-0.15, -0.1) is 0 Å². The average molecular weight is 240 g/mol. The lowest BCUT2D eigenvalue weighted by Gasteiger charge is -2.00. The fraction of sp³-hybridized carbons (Fsp3) is 0. The van der Waals surface area contributed by atoms with Crippen LogP contribution in [0.15, 0.2) is 30.3 Å². The van der Waals surface area contributed by atoms with Crippen molar-refractivity contribution in [2.24, 2.45) is 0 Å². The highest BCUT2D eigenvalue weighted by Gasteiger charge is 2.14. The third-order valence-corrected chi connectivity index (χ3v) is 2.06. The van der Waals surface area contributed by atoms with Crippen LogP contribution in [0, 0.1) is 0 Å². The second kappa shape index (κ2) is 6.22. The first-order chi connectivity index (χ1) is 6.34. The van der Waals surface area contributed by atoms with E-state index >= 15 is 0 Å². The monoisotopic (exact) mass is 240 g/mol. The van der Waals surface area contributed by atoms with Crippen molar-refractivity contribution in [2.45, 2.75) is 0 Å². The summed E-state index contributed by atoms with van der Waals surface area (Å²) in [6, 6.07) is 7.70. The predicted octanol–water partition coefficient (Wildman–Crippen LogP) is -0.320. The average Bonchev–Trinajstić information content (AvgIpc) is 2.03. The molecule has 0 aliphatic rings. The molecule has 8 heteroatoms. The topological polar surface area (TPSA) is 118 Å². The standard InChI is InChI=1S/C6H7O3P.H3O3P/c7-10(8,9)6-4-2-1-3-5-6;1-4(2)3/h1-5H,(H2,7,8,9);1-3H. The number of hydrogen-bond donors (Lipinski definition) is 5. The van der Waals surface area contributed by atoms with E-state index in [1.54, 1.807) is 18.2 Å². The summed E-state index contributed by atoms with van der Waals surface area (Å²) in [7, 11) is -6.64. The van der Waals surface area contributed by atoms with Gasteiger partial charge in [-0.3, -0.25) is 4.57 Å². The number of hydrogen-bond acceptors (Lipinski definition) is 4. The van der Waals surface area contributed by atoms with Gasteiger partial charge in [0.15, 0.2) is 0 Å². The fourth-order valence-electron chi connectivity index (χ4n) is 0.622. The lowest BCUT2D eigenvalue weighted by atomic mass is 10.4. The molecule has 0 amide bonds. The number of benzene rings is 1. The molecule has 0 fully saturated rings. The van der Waals surface area contributed by atoms with Crippen molar-refractivity contribution in [3.63, 3.8) is 0 Å². The summed E-state index contributed by atoms with van der Waals surface area (Å²) in [5.74, 6) is 0. The zero-order valence-corrected chi connectivity index (χ0v) is 8.71. The second-order valence-electron chi connectivity index (χ2n) is 2.15. The first kappa shape index (κ1) is 13.7. The lowest BCUT2D eigenvalue weighted by molar-refractivity contribution is 0.368. The Hall–Kier alpha value is -0.320. The number of rotatable bonds is 1. The minimum absolute atomic E-state index is 0.0648. The van der Waals surface area contributed by atoms with E-state index in [-0.39, 0.29) is 5.30 Å². The molecule has 0 aliphatic heterocycles. The van der Waals surface area contributed by atoms with Crippen LogP contribution in [-0.2, 0) is 4.57 Å². The normalized spacial score (nSPS) is 10.7. The fourth-order valence-corrected chi connectivity index (χ4v) is 1.18. The van der Waals surface area contributed by atoms with Gasteiger partial charge in [-0.2, -0.15) is 0 Å². The molecule has 1 rings (SSSR count). The predicted molar refractivity (Wildman–Crippen MR) is 51.7 cm³/mol. The molecule has 0 aromatic heterocycles. The second-order valence-corrected chi connectivity index (χ2v) is 4.29. The van der Waals surface area contributed by atoms with Gasteiger partial charge >= 0.3 is 16.2 Å². The molecular weight excluding hydrogens is 230 g/mol. The van der Waals surface area contributed by atoms with Crippen molar-refractivity contribution in [1.29, 1.82) is 0 Å². The Labute approximate surface area is 81.6 Å². The molecule has 0 radical (unpaired) electrons. The van der Waals surface area contributed by atoms with Crippen molar-refractivity contribution >= 4 is 21.5 Å². The Balaban J connectivity index is 0.000000364. The minimum Gasteiger partial charge on any atom is -0.328 e. The molecule has 0 saturated heterocycles. The van der Waals surface area contributed by atoms with E-state index in [4.69, 9.17) is 24.5 Å². The van der Waals surface area contributed by atoms with Crippen molar-refractivity contribution in [3.8, 4) is 0 Å². The van der Waals surface area contributed by atoms with Gasteiger partial charge in [0.2, 0.25) is 0 Å². The van der Waals surface area contributed by atoms with Gasteiger partial charge in [0, 0.05) is 0 Å². The van der Waals surface area contributed by atoms with E-state index < -0.39 is 16.2 Å². The molecule has 1 aromatic carbocycles. The maximum Gasteiger partial charge on any atom is 0.356 e. The molecule has 0 atom stereocenters. The summed E-state index contributed by atoms with van der Waals surface area (Å²) >= 11 is 0. The molecule has 0 unspecified atom stereocenters. The first-order valence-corrected chi connectivity index (χ1v) is 6.13. The van der Waals surface area contributed by atoms with Gasteiger partial charge in [0.25, 0.3) is 0 Å². The first-order valence-electron chi connectivity index (χ1n) is 3.32. The van der Waals surface area contributed by atoms with Crippen LogP contribution in [-0.4, -0.2) is 24.5 Å². The van der Waals surface area contributed by atoms with E-state index in [2.05, 4.69) is 0 Å². The molecule has 6 nitrogen and oxygen atoms in total. The highest BCUT2D eigenvalue weighted by atomic mass is 31.2. The van der Waals surface area contributed by atoms with Gasteiger partial charge in [-0.05, 0) is 12.1 Å². The molecule has 0 bridgehead atoms. The molecule has 0 aliphatic carbocycles. The third kappa shape index (κ3) is 7.12. The van der Waals surface area contributed by atoms with E-state index in [9.17, 15) is 4.57 Å². The van der Waals surface area contributed by atoms with E-state index in [0.717, 1.165) is 0 Å². The molecule has 80 valence electrons. The van der Waals surface area contributed by atoms with Crippen molar-refractivity contribution < 1.29 is 29.0 Å². The van der Waals surface area contributed by atoms with Gasteiger partial charge in [-0.25, -0.2) is 0 Å². The summed E-state index contributed by atoms with van der Waals surface area (Å²) in [5, 5.41) is 0.0648. The van der Waals surface area contributed by atoms with Gasteiger partial charge < -0.3 is 24.5 Å².